The number of nitrogens with zero attached hydrogens (tertiary/aromatic N) is 3. The molecule has 3 amide bonds. The molecule has 0 spiro atoms. The molecule has 4 N–H and O–H groups in total. The van der Waals surface area contributed by atoms with Crippen LogP contribution in [0.4, 0.5) is 28.0 Å². The van der Waals surface area contributed by atoms with Gasteiger partial charge in [-0.15, -0.1) is 0 Å². The molecule has 64 heavy (non-hydrogen) atoms. The topological polar surface area (TPSA) is 199 Å². The van der Waals surface area contributed by atoms with Crippen LogP contribution in [0.25, 0.3) is 17.2 Å². The fraction of sp³-hybridized carbons (Fsp3) is 0.432. The third-order valence-corrected chi connectivity index (χ3v) is 11.7. The van der Waals surface area contributed by atoms with Crippen LogP contribution >= 0.6 is 0 Å². The normalized spacial score (nSPS) is 14.3. The van der Waals surface area contributed by atoms with Crippen LogP contribution in [-0.4, -0.2) is 105 Å². The Kier molecular flexibility index (Phi) is 16.7. The van der Waals surface area contributed by atoms with Crippen LogP contribution in [0, 0.1) is 29.2 Å². The number of alkyl carbamates (subject to hydrolysis) is 1. The van der Waals surface area contributed by atoms with Crippen molar-refractivity contribution in [1.29, 1.82) is 0 Å². The third-order valence-electron chi connectivity index (χ3n) is 9.85. The average Bonchev–Trinajstić information content (AvgIpc) is 3.38. The number of carbonyl (C=O) groups excluding carboxylic acids is 4. The molecule has 0 radical (unpaired) electrons. The summed E-state index contributed by atoms with van der Waals surface area (Å²) >= 11 is 0. The highest BCUT2D eigenvalue weighted by atomic mass is 32.2. The number of benzene rings is 3. The molecule has 0 bridgehead atoms. The first-order valence-electron chi connectivity index (χ1n) is 20.7. The van der Waals surface area contributed by atoms with Gasteiger partial charge in [-0.2, -0.15) is 13.1 Å². The lowest BCUT2D eigenvalue weighted by molar-refractivity contribution is -0.136. The molecule has 3 aromatic rings. The molecule has 0 aliphatic carbocycles. The van der Waals surface area contributed by atoms with Crippen molar-refractivity contribution in [2.45, 2.75) is 70.3 Å². The van der Waals surface area contributed by atoms with Crippen molar-refractivity contribution in [3.05, 3.63) is 82.9 Å². The minimum atomic E-state index is -3.88. The lowest BCUT2D eigenvalue weighted by Crippen LogP contribution is -2.53. The van der Waals surface area contributed by atoms with Crippen molar-refractivity contribution in [2.24, 2.45) is 16.6 Å². The number of rotatable bonds is 19. The lowest BCUT2D eigenvalue weighted by Gasteiger charge is -2.38. The van der Waals surface area contributed by atoms with E-state index in [0.717, 1.165) is 6.42 Å². The van der Waals surface area contributed by atoms with Gasteiger partial charge in [-0.3, -0.25) is 14.4 Å². The van der Waals surface area contributed by atoms with Crippen molar-refractivity contribution in [1.82, 2.24) is 19.8 Å². The molecule has 2 heterocycles. The first-order valence-corrected chi connectivity index (χ1v) is 22.1. The Morgan fingerprint density at radius 1 is 0.922 bits per heavy atom. The maximum atomic E-state index is 13.8. The molecule has 346 valence electrons. The number of esters is 1. The lowest BCUT2D eigenvalue weighted by atomic mass is 10.0. The summed E-state index contributed by atoms with van der Waals surface area (Å²) in [6, 6.07) is 11.9. The van der Waals surface area contributed by atoms with E-state index in [9.17, 15) is 45.2 Å². The maximum absolute atomic E-state index is 13.8. The molecule has 0 atom stereocenters. The van der Waals surface area contributed by atoms with Crippen LogP contribution in [0.3, 0.4) is 0 Å². The van der Waals surface area contributed by atoms with Crippen molar-refractivity contribution < 1.29 is 59.4 Å². The number of amidine groups is 1. The Labute approximate surface area is 369 Å². The molecule has 5 rings (SSSR count). The number of ether oxygens (including phenoxy) is 3. The zero-order chi connectivity index (χ0) is 46.8. The number of nitrogens with two attached hydrogens (primary N) is 1. The van der Waals surface area contributed by atoms with Gasteiger partial charge in [0.25, 0.3) is 0 Å². The number of sulfonamides is 1. The molecule has 1 fully saturated rings. The largest absolute Gasteiger partial charge is 0.444 e. The summed E-state index contributed by atoms with van der Waals surface area (Å²) in [7, 11) is -3.88. The number of halogens is 4. The van der Waals surface area contributed by atoms with Crippen LogP contribution in [0.15, 0.2) is 64.0 Å². The molecule has 15 nitrogen and oxygen atoms in total. The fourth-order valence-electron chi connectivity index (χ4n) is 6.68. The van der Waals surface area contributed by atoms with E-state index in [0.29, 0.717) is 54.0 Å². The molecule has 0 unspecified atom stereocenters. The monoisotopic (exact) mass is 916 g/mol. The Hall–Kier alpha value is -5.86. The van der Waals surface area contributed by atoms with Gasteiger partial charge in [-0.1, -0.05) is 31.2 Å². The first kappa shape index (κ1) is 49.2. The maximum Gasteiger partial charge on any atom is 0.407 e. The van der Waals surface area contributed by atoms with Crippen molar-refractivity contribution in [2.75, 3.05) is 52.5 Å². The quantitative estimate of drug-likeness (QED) is 0.0423. The van der Waals surface area contributed by atoms with E-state index in [1.165, 1.54) is 10.4 Å². The fourth-order valence-corrected chi connectivity index (χ4v) is 8.32. The van der Waals surface area contributed by atoms with E-state index in [4.69, 9.17) is 15.2 Å². The van der Waals surface area contributed by atoms with Crippen molar-refractivity contribution in [3.8, 4) is 16.9 Å². The van der Waals surface area contributed by atoms with Gasteiger partial charge in [0.15, 0.2) is 11.6 Å². The Balaban J connectivity index is 1.09. The minimum Gasteiger partial charge on any atom is -0.444 e. The number of carbonyl (C=O) groups is 4. The summed E-state index contributed by atoms with van der Waals surface area (Å²) in [6.07, 6.45) is 1.99. The molecule has 2 aliphatic heterocycles. The zero-order valence-electron chi connectivity index (χ0n) is 36.0. The highest BCUT2D eigenvalue weighted by Crippen LogP contribution is 2.34. The number of hydrogen-bond acceptors (Lipinski definition) is 11. The van der Waals surface area contributed by atoms with E-state index in [1.807, 2.05) is 13.0 Å². The Morgan fingerprint density at radius 3 is 2.30 bits per heavy atom. The van der Waals surface area contributed by atoms with Crippen LogP contribution < -0.4 is 21.1 Å². The highest BCUT2D eigenvalue weighted by Gasteiger charge is 2.37. The van der Waals surface area contributed by atoms with Gasteiger partial charge in [-0.05, 0) is 69.0 Å². The summed E-state index contributed by atoms with van der Waals surface area (Å²) in [5.41, 5.74) is 8.65. The molecule has 0 saturated carbocycles. The SMILES string of the molecule is CCCN(CCCNC(=O)OC(C)(C)C)C(=O)C1=Cc2ccc(-c3cccc(S(=O)(=O)N4CC(CNC(=O)CCOCCC(=O)Oc5c(F)c(F)cc(F)c5F)C4)c3)cc2N=C(N)C1. The Bertz CT molecular complexity index is 2380. The summed E-state index contributed by atoms with van der Waals surface area (Å²) in [5.74, 6) is -10.4. The molecular formula is C44H52F4N6O9S. The van der Waals surface area contributed by atoms with E-state index < -0.39 is 69.0 Å². The van der Waals surface area contributed by atoms with Gasteiger partial charge in [0.2, 0.25) is 39.2 Å². The highest BCUT2D eigenvalue weighted by molar-refractivity contribution is 7.89. The second-order valence-electron chi connectivity index (χ2n) is 16.2. The molecule has 3 aromatic carbocycles. The van der Waals surface area contributed by atoms with Crippen molar-refractivity contribution >= 4 is 51.5 Å². The van der Waals surface area contributed by atoms with Gasteiger partial charge >= 0.3 is 12.1 Å². The molecule has 2 aliphatic rings. The molecular weight excluding hydrogens is 865 g/mol. The van der Waals surface area contributed by atoms with E-state index in [-0.39, 0.29) is 74.3 Å². The second-order valence-corrected chi connectivity index (χ2v) is 18.1. The number of hydrogen-bond donors (Lipinski definition) is 3. The average molecular weight is 917 g/mol. The van der Waals surface area contributed by atoms with Crippen LogP contribution in [0.1, 0.15) is 65.4 Å². The predicted molar refractivity (Wildman–Crippen MR) is 229 cm³/mol. The minimum absolute atomic E-state index is 0.0181. The van der Waals surface area contributed by atoms with Gasteiger partial charge in [-0.25, -0.2) is 27.0 Å². The van der Waals surface area contributed by atoms with Crippen molar-refractivity contribution in [3.63, 3.8) is 0 Å². The van der Waals surface area contributed by atoms with Crippen LogP contribution in [-0.2, 0) is 33.9 Å². The number of nitrogens with one attached hydrogen (secondary N) is 2. The summed E-state index contributed by atoms with van der Waals surface area (Å²) in [4.78, 5) is 56.4. The second kappa shape index (κ2) is 21.7. The number of fused-ring (bicyclic) bond motifs is 1. The molecule has 20 heteroatoms. The Morgan fingerprint density at radius 2 is 1.61 bits per heavy atom. The summed E-state index contributed by atoms with van der Waals surface area (Å²) < 4.78 is 97.4. The van der Waals surface area contributed by atoms with E-state index in [1.54, 1.807) is 62.1 Å². The first-order chi connectivity index (χ1) is 30.2. The van der Waals surface area contributed by atoms with E-state index in [2.05, 4.69) is 20.4 Å². The standard InChI is InChI=1S/C44H52F4N6O9S/c1-5-15-53(16-7-14-50-43(58)63-44(2,3)4)42(57)31-19-30-11-10-29(21-35(30)52-36(49)22-31)28-8-6-9-32(20-28)64(59,60)54-25-27(26-54)24-51-37(55)12-17-61-18-13-38(56)62-41-39(47)33(45)23-34(46)40(41)48/h6,8-11,19-21,23,27H,5,7,12-18,22,24-26H2,1-4H3,(H2,49,52)(H,50,58)(H,51,55). The zero-order valence-corrected chi connectivity index (χ0v) is 36.8. The summed E-state index contributed by atoms with van der Waals surface area (Å²) in [5, 5.41) is 5.42. The van der Waals surface area contributed by atoms with Crippen LogP contribution in [0.2, 0.25) is 0 Å². The summed E-state index contributed by atoms with van der Waals surface area (Å²) in [6.45, 7) is 8.66. The molecule has 0 aromatic heterocycles. The molecule has 1 saturated heterocycles. The van der Waals surface area contributed by atoms with Gasteiger partial charge in [0, 0.05) is 75.2 Å². The van der Waals surface area contributed by atoms with Gasteiger partial charge in [0.05, 0.1) is 30.2 Å². The third kappa shape index (κ3) is 13.3. The smallest absolute Gasteiger partial charge is 0.407 e. The van der Waals surface area contributed by atoms with Gasteiger partial charge < -0.3 is 35.5 Å². The predicted octanol–water partition coefficient (Wildman–Crippen LogP) is 5.98. The van der Waals surface area contributed by atoms with Crippen LogP contribution in [0.5, 0.6) is 5.75 Å². The number of amides is 3. The number of aliphatic imine (C=N–C) groups is 1. The van der Waals surface area contributed by atoms with Gasteiger partial charge in [0.1, 0.15) is 11.4 Å². The van der Waals surface area contributed by atoms with E-state index >= 15 is 0 Å².